The monoisotopic (exact) mass is 377 g/mol. The maximum absolute atomic E-state index is 9.60. The van der Waals surface area contributed by atoms with Gasteiger partial charge in [0.15, 0.2) is 0 Å². The van der Waals surface area contributed by atoms with Crippen molar-refractivity contribution in [2.45, 2.75) is 19.0 Å². The van der Waals surface area contributed by atoms with Gasteiger partial charge in [-0.25, -0.2) is 4.98 Å². The van der Waals surface area contributed by atoms with Gasteiger partial charge in [0.25, 0.3) is 0 Å². The predicted octanol–water partition coefficient (Wildman–Crippen LogP) is 3.32. The molecule has 0 aliphatic carbocycles. The van der Waals surface area contributed by atoms with Crippen LogP contribution in [0.1, 0.15) is 12.0 Å². The summed E-state index contributed by atoms with van der Waals surface area (Å²) in [7, 11) is 1.70. The van der Waals surface area contributed by atoms with Crippen LogP contribution >= 0.6 is 0 Å². The van der Waals surface area contributed by atoms with Crippen molar-refractivity contribution >= 4 is 16.7 Å². The van der Waals surface area contributed by atoms with E-state index in [1.54, 1.807) is 7.11 Å². The van der Waals surface area contributed by atoms with E-state index in [1.165, 1.54) is 5.56 Å². The number of aromatic nitrogens is 1. The Kier molecular flexibility index (Phi) is 5.74. The number of ether oxygens (including phenoxy) is 1. The summed E-state index contributed by atoms with van der Waals surface area (Å²) in [6, 6.07) is 21.0. The zero-order valence-electron chi connectivity index (χ0n) is 16.3. The van der Waals surface area contributed by atoms with Crippen LogP contribution in [0.4, 0.5) is 5.82 Å². The second kappa shape index (κ2) is 8.59. The van der Waals surface area contributed by atoms with Crippen molar-refractivity contribution in [1.82, 2.24) is 9.88 Å². The van der Waals surface area contributed by atoms with Crippen LogP contribution in [0.5, 0.6) is 5.75 Å². The van der Waals surface area contributed by atoms with E-state index in [-0.39, 0.29) is 6.61 Å². The number of methoxy groups -OCH3 is 1. The molecular weight excluding hydrogens is 350 g/mol. The third-order valence-electron chi connectivity index (χ3n) is 5.49. The van der Waals surface area contributed by atoms with Crippen molar-refractivity contribution in [3.63, 3.8) is 0 Å². The standard InChI is InChI=1S/C23H27N3O2/c1-28-21-7-4-5-18(15-21)16-25-12-13-26(17-20(25)11-14-27)23-10-9-19-6-2-3-8-22(19)24-23/h2-10,15,20,27H,11-14,16-17H2,1H3/t20-/m0/s1. The van der Waals surface area contributed by atoms with Gasteiger partial charge in [-0.3, -0.25) is 4.90 Å². The number of aliphatic hydroxyl groups excluding tert-OH is 1. The van der Waals surface area contributed by atoms with Crippen LogP contribution in [-0.2, 0) is 6.54 Å². The van der Waals surface area contributed by atoms with Gasteiger partial charge in [0.05, 0.1) is 12.6 Å². The zero-order chi connectivity index (χ0) is 19.3. The number of hydrogen-bond acceptors (Lipinski definition) is 5. The molecule has 0 unspecified atom stereocenters. The Bertz CT molecular complexity index is 930. The highest BCUT2D eigenvalue weighted by atomic mass is 16.5. The predicted molar refractivity (Wildman–Crippen MR) is 113 cm³/mol. The molecule has 1 aromatic heterocycles. The minimum absolute atomic E-state index is 0.193. The molecule has 0 radical (unpaired) electrons. The van der Waals surface area contributed by atoms with Gasteiger partial charge in [0.1, 0.15) is 11.6 Å². The average molecular weight is 377 g/mol. The van der Waals surface area contributed by atoms with E-state index in [0.29, 0.717) is 6.04 Å². The maximum Gasteiger partial charge on any atom is 0.129 e. The molecule has 1 aliphatic rings. The van der Waals surface area contributed by atoms with E-state index >= 15 is 0 Å². The minimum atomic E-state index is 0.193. The molecule has 4 rings (SSSR count). The van der Waals surface area contributed by atoms with Crippen LogP contribution in [-0.4, -0.2) is 54.4 Å². The number of hydrogen-bond donors (Lipinski definition) is 1. The largest absolute Gasteiger partial charge is 0.497 e. The third-order valence-corrected chi connectivity index (χ3v) is 5.49. The first-order valence-corrected chi connectivity index (χ1v) is 9.85. The van der Waals surface area contributed by atoms with Crippen molar-refractivity contribution < 1.29 is 9.84 Å². The number of pyridine rings is 1. The first-order chi connectivity index (χ1) is 13.8. The van der Waals surface area contributed by atoms with Gasteiger partial charge < -0.3 is 14.7 Å². The Hall–Kier alpha value is -2.63. The molecule has 3 aromatic rings. The number of para-hydroxylation sites is 1. The quantitative estimate of drug-likeness (QED) is 0.714. The molecule has 28 heavy (non-hydrogen) atoms. The molecule has 2 heterocycles. The van der Waals surface area contributed by atoms with Crippen molar-refractivity contribution in [2.75, 3.05) is 38.3 Å². The third kappa shape index (κ3) is 4.11. The van der Waals surface area contributed by atoms with E-state index in [1.807, 2.05) is 24.3 Å². The van der Waals surface area contributed by atoms with E-state index in [9.17, 15) is 5.11 Å². The second-order valence-corrected chi connectivity index (χ2v) is 7.30. The van der Waals surface area contributed by atoms with E-state index in [4.69, 9.17) is 9.72 Å². The van der Waals surface area contributed by atoms with Gasteiger partial charge in [0, 0.05) is 44.2 Å². The zero-order valence-corrected chi connectivity index (χ0v) is 16.3. The lowest BCUT2D eigenvalue weighted by molar-refractivity contribution is 0.135. The van der Waals surface area contributed by atoms with E-state index in [2.05, 4.69) is 46.2 Å². The molecule has 5 nitrogen and oxygen atoms in total. The van der Waals surface area contributed by atoms with Crippen LogP contribution in [0.2, 0.25) is 0 Å². The Labute approximate surface area is 166 Å². The van der Waals surface area contributed by atoms with Crippen LogP contribution in [0.15, 0.2) is 60.7 Å². The van der Waals surface area contributed by atoms with Crippen molar-refractivity contribution in [3.05, 3.63) is 66.2 Å². The lowest BCUT2D eigenvalue weighted by Gasteiger charge is -2.42. The van der Waals surface area contributed by atoms with Crippen LogP contribution in [0, 0.1) is 0 Å². The fraction of sp³-hybridized carbons (Fsp3) is 0.348. The highest BCUT2D eigenvalue weighted by Gasteiger charge is 2.27. The summed E-state index contributed by atoms with van der Waals surface area (Å²) in [5.74, 6) is 1.90. The van der Waals surface area contributed by atoms with Gasteiger partial charge >= 0.3 is 0 Å². The number of fused-ring (bicyclic) bond motifs is 1. The molecule has 0 spiro atoms. The molecule has 1 saturated heterocycles. The van der Waals surface area contributed by atoms with Gasteiger partial charge in [-0.15, -0.1) is 0 Å². The molecule has 5 heteroatoms. The van der Waals surface area contributed by atoms with Crippen molar-refractivity contribution in [2.24, 2.45) is 0 Å². The molecule has 2 aromatic carbocycles. The summed E-state index contributed by atoms with van der Waals surface area (Å²) < 4.78 is 5.35. The topological polar surface area (TPSA) is 48.8 Å². The SMILES string of the molecule is COc1cccc(CN2CCN(c3ccc4ccccc4n3)C[C@@H]2CCO)c1. The summed E-state index contributed by atoms with van der Waals surface area (Å²) in [6.07, 6.45) is 0.758. The molecule has 1 atom stereocenters. The molecule has 0 bridgehead atoms. The molecule has 1 aliphatic heterocycles. The number of rotatable bonds is 6. The van der Waals surface area contributed by atoms with Crippen LogP contribution < -0.4 is 9.64 Å². The fourth-order valence-electron chi connectivity index (χ4n) is 3.97. The minimum Gasteiger partial charge on any atom is -0.497 e. The number of anilines is 1. The van der Waals surface area contributed by atoms with Gasteiger partial charge in [0.2, 0.25) is 0 Å². The molecular formula is C23H27N3O2. The summed E-state index contributed by atoms with van der Waals surface area (Å²) in [6.45, 7) is 3.79. The van der Waals surface area contributed by atoms with Crippen molar-refractivity contribution in [3.8, 4) is 5.75 Å². The number of piperazine rings is 1. The van der Waals surface area contributed by atoms with E-state index < -0.39 is 0 Å². The van der Waals surface area contributed by atoms with Crippen LogP contribution in [0.3, 0.4) is 0 Å². The van der Waals surface area contributed by atoms with Gasteiger partial charge in [-0.05, 0) is 42.3 Å². The smallest absolute Gasteiger partial charge is 0.129 e. The Morgan fingerprint density at radius 1 is 1.07 bits per heavy atom. The lowest BCUT2D eigenvalue weighted by Crippen LogP contribution is -2.53. The highest BCUT2D eigenvalue weighted by Crippen LogP contribution is 2.24. The summed E-state index contributed by atoms with van der Waals surface area (Å²) in [5, 5.41) is 10.8. The molecule has 0 saturated carbocycles. The molecule has 1 N–H and O–H groups in total. The molecule has 0 amide bonds. The maximum atomic E-state index is 9.60. The fourth-order valence-corrected chi connectivity index (χ4v) is 3.97. The highest BCUT2D eigenvalue weighted by molar-refractivity contribution is 5.80. The number of nitrogens with zero attached hydrogens (tertiary/aromatic N) is 3. The number of aliphatic hydroxyl groups is 1. The normalized spacial score (nSPS) is 17.8. The summed E-state index contributed by atoms with van der Waals surface area (Å²) in [4.78, 5) is 9.66. The first-order valence-electron chi connectivity index (χ1n) is 9.85. The Morgan fingerprint density at radius 2 is 1.96 bits per heavy atom. The van der Waals surface area contributed by atoms with E-state index in [0.717, 1.165) is 55.1 Å². The lowest BCUT2D eigenvalue weighted by atomic mass is 10.1. The van der Waals surface area contributed by atoms with Crippen molar-refractivity contribution in [1.29, 1.82) is 0 Å². The molecule has 1 fully saturated rings. The van der Waals surface area contributed by atoms with Crippen LogP contribution in [0.25, 0.3) is 10.9 Å². The number of benzene rings is 2. The molecule has 146 valence electrons. The Balaban J connectivity index is 1.50. The Morgan fingerprint density at radius 3 is 2.82 bits per heavy atom. The van der Waals surface area contributed by atoms with Gasteiger partial charge in [-0.2, -0.15) is 0 Å². The first kappa shape index (κ1) is 18.7. The second-order valence-electron chi connectivity index (χ2n) is 7.30. The summed E-state index contributed by atoms with van der Waals surface area (Å²) in [5.41, 5.74) is 2.26. The van der Waals surface area contributed by atoms with Gasteiger partial charge in [-0.1, -0.05) is 30.3 Å². The summed E-state index contributed by atoms with van der Waals surface area (Å²) >= 11 is 0. The average Bonchev–Trinajstić information content (AvgIpc) is 2.75.